The van der Waals surface area contributed by atoms with Gasteiger partial charge in [0.2, 0.25) is 5.95 Å². The van der Waals surface area contributed by atoms with E-state index in [9.17, 15) is 0 Å². The molecule has 1 aromatic rings. The third-order valence-electron chi connectivity index (χ3n) is 3.21. The molecule has 2 fully saturated rings. The molecule has 4 nitrogen and oxygen atoms in total. The van der Waals surface area contributed by atoms with E-state index in [1.165, 1.54) is 25.9 Å². The summed E-state index contributed by atoms with van der Waals surface area (Å²) in [5.74, 6) is 0.882. The summed E-state index contributed by atoms with van der Waals surface area (Å²) < 4.78 is 0. The van der Waals surface area contributed by atoms with Gasteiger partial charge in [0, 0.05) is 44.6 Å². The zero-order valence-corrected chi connectivity index (χ0v) is 8.84. The van der Waals surface area contributed by atoms with Crippen LogP contribution in [-0.2, 0) is 0 Å². The van der Waals surface area contributed by atoms with Crippen molar-refractivity contribution in [2.24, 2.45) is 0 Å². The predicted octanol–water partition coefficient (Wildman–Crippen LogP) is 0.761. The summed E-state index contributed by atoms with van der Waals surface area (Å²) in [5, 5.41) is 0. The van der Waals surface area contributed by atoms with Crippen LogP contribution in [0.25, 0.3) is 0 Å². The fourth-order valence-corrected chi connectivity index (χ4v) is 2.18. The Balaban J connectivity index is 1.61. The van der Waals surface area contributed by atoms with Crippen LogP contribution in [0.2, 0.25) is 0 Å². The number of piperazine rings is 1. The lowest BCUT2D eigenvalue weighted by atomic mass is 10.3. The first kappa shape index (κ1) is 9.09. The van der Waals surface area contributed by atoms with Crippen molar-refractivity contribution in [1.29, 1.82) is 0 Å². The maximum Gasteiger partial charge on any atom is 0.225 e. The highest BCUT2D eigenvalue weighted by Crippen LogP contribution is 2.27. The fraction of sp³-hybridized carbons (Fsp3) is 0.636. The topological polar surface area (TPSA) is 32.3 Å². The van der Waals surface area contributed by atoms with Crippen molar-refractivity contribution in [2.45, 2.75) is 18.9 Å². The molecule has 0 unspecified atom stereocenters. The SMILES string of the molecule is c1cnc(N2CCN(C3CC3)CC2)nc1. The second-order valence-electron chi connectivity index (χ2n) is 4.30. The molecule has 0 amide bonds. The van der Waals surface area contributed by atoms with Crippen molar-refractivity contribution in [1.82, 2.24) is 14.9 Å². The van der Waals surface area contributed by atoms with Crippen LogP contribution in [0.15, 0.2) is 18.5 Å². The van der Waals surface area contributed by atoms with E-state index in [1.807, 2.05) is 18.5 Å². The van der Waals surface area contributed by atoms with Crippen molar-refractivity contribution < 1.29 is 0 Å². The third kappa shape index (κ3) is 1.95. The first-order valence-corrected chi connectivity index (χ1v) is 5.69. The van der Waals surface area contributed by atoms with Gasteiger partial charge in [-0.2, -0.15) is 0 Å². The molecule has 0 spiro atoms. The lowest BCUT2D eigenvalue weighted by Gasteiger charge is -2.34. The molecule has 1 aliphatic carbocycles. The number of aromatic nitrogens is 2. The van der Waals surface area contributed by atoms with Gasteiger partial charge in [-0.3, -0.25) is 4.90 Å². The second-order valence-corrected chi connectivity index (χ2v) is 4.30. The van der Waals surface area contributed by atoms with Gasteiger partial charge in [-0.05, 0) is 18.9 Å². The van der Waals surface area contributed by atoms with Crippen LogP contribution in [0.5, 0.6) is 0 Å². The number of rotatable bonds is 2. The second kappa shape index (κ2) is 3.77. The van der Waals surface area contributed by atoms with Gasteiger partial charge in [-0.15, -0.1) is 0 Å². The Bertz CT molecular complexity index is 315. The van der Waals surface area contributed by atoms with Gasteiger partial charge >= 0.3 is 0 Å². The minimum absolute atomic E-state index is 0.882. The molecule has 3 rings (SSSR count). The van der Waals surface area contributed by atoms with Crippen LogP contribution in [0, 0.1) is 0 Å². The summed E-state index contributed by atoms with van der Waals surface area (Å²) >= 11 is 0. The molecule has 0 radical (unpaired) electrons. The fourth-order valence-electron chi connectivity index (χ4n) is 2.18. The van der Waals surface area contributed by atoms with Gasteiger partial charge in [0.05, 0.1) is 0 Å². The van der Waals surface area contributed by atoms with Gasteiger partial charge in [0.15, 0.2) is 0 Å². The summed E-state index contributed by atoms with van der Waals surface area (Å²) in [6, 6.07) is 2.76. The first-order valence-electron chi connectivity index (χ1n) is 5.69. The molecule has 1 aromatic heterocycles. The molecule has 1 saturated carbocycles. The Morgan fingerprint density at radius 3 is 2.27 bits per heavy atom. The van der Waals surface area contributed by atoms with Gasteiger partial charge < -0.3 is 4.90 Å². The van der Waals surface area contributed by atoms with Crippen LogP contribution < -0.4 is 4.90 Å². The number of nitrogens with zero attached hydrogens (tertiary/aromatic N) is 4. The van der Waals surface area contributed by atoms with E-state index in [0.29, 0.717) is 0 Å². The van der Waals surface area contributed by atoms with E-state index in [-0.39, 0.29) is 0 Å². The predicted molar refractivity (Wildman–Crippen MR) is 58.8 cm³/mol. The molecule has 80 valence electrons. The van der Waals surface area contributed by atoms with Crippen LogP contribution in [0.4, 0.5) is 5.95 Å². The van der Waals surface area contributed by atoms with E-state index in [2.05, 4.69) is 19.8 Å². The van der Waals surface area contributed by atoms with Gasteiger partial charge in [0.1, 0.15) is 0 Å². The quantitative estimate of drug-likeness (QED) is 0.712. The van der Waals surface area contributed by atoms with Crippen molar-refractivity contribution in [3.05, 3.63) is 18.5 Å². The van der Waals surface area contributed by atoms with E-state index in [1.54, 1.807) is 0 Å². The molecule has 4 heteroatoms. The van der Waals surface area contributed by atoms with Crippen molar-refractivity contribution in [2.75, 3.05) is 31.1 Å². The highest BCUT2D eigenvalue weighted by atomic mass is 15.3. The molecule has 0 aromatic carbocycles. The van der Waals surface area contributed by atoms with Crippen molar-refractivity contribution in [3.8, 4) is 0 Å². The average Bonchev–Trinajstić information content (AvgIpc) is 3.15. The highest BCUT2D eigenvalue weighted by Gasteiger charge is 2.31. The lowest BCUT2D eigenvalue weighted by molar-refractivity contribution is 0.247. The van der Waals surface area contributed by atoms with E-state index in [4.69, 9.17) is 0 Å². The first-order chi connectivity index (χ1) is 7.43. The van der Waals surface area contributed by atoms with Crippen LogP contribution >= 0.6 is 0 Å². The zero-order chi connectivity index (χ0) is 10.1. The average molecular weight is 204 g/mol. The molecule has 0 atom stereocenters. The molecule has 0 N–H and O–H groups in total. The van der Waals surface area contributed by atoms with Gasteiger partial charge in [0.25, 0.3) is 0 Å². The molecule has 0 bridgehead atoms. The summed E-state index contributed by atoms with van der Waals surface area (Å²) in [6.07, 6.45) is 6.44. The van der Waals surface area contributed by atoms with Crippen LogP contribution in [0.3, 0.4) is 0 Å². The summed E-state index contributed by atoms with van der Waals surface area (Å²) in [5.41, 5.74) is 0. The molecule has 15 heavy (non-hydrogen) atoms. The Kier molecular flexibility index (Phi) is 2.29. The Labute approximate surface area is 89.9 Å². The zero-order valence-electron chi connectivity index (χ0n) is 8.84. The Hall–Kier alpha value is -1.16. The number of anilines is 1. The Morgan fingerprint density at radius 1 is 1.00 bits per heavy atom. The molecule has 1 saturated heterocycles. The van der Waals surface area contributed by atoms with Gasteiger partial charge in [-0.25, -0.2) is 9.97 Å². The third-order valence-corrected chi connectivity index (χ3v) is 3.21. The minimum atomic E-state index is 0.882. The summed E-state index contributed by atoms with van der Waals surface area (Å²) in [4.78, 5) is 13.4. The highest BCUT2D eigenvalue weighted by molar-refractivity contribution is 5.29. The smallest absolute Gasteiger partial charge is 0.225 e. The minimum Gasteiger partial charge on any atom is -0.338 e. The number of hydrogen-bond acceptors (Lipinski definition) is 4. The standard InChI is InChI=1S/C11H16N4/c1-4-12-11(13-5-1)15-8-6-14(7-9-15)10-2-3-10/h1,4-5,10H,2-3,6-9H2. The maximum absolute atomic E-state index is 4.28. The van der Waals surface area contributed by atoms with Crippen molar-refractivity contribution in [3.63, 3.8) is 0 Å². The van der Waals surface area contributed by atoms with E-state index >= 15 is 0 Å². The largest absolute Gasteiger partial charge is 0.338 e. The van der Waals surface area contributed by atoms with Gasteiger partial charge in [-0.1, -0.05) is 0 Å². The summed E-state index contributed by atoms with van der Waals surface area (Å²) in [6.45, 7) is 4.48. The van der Waals surface area contributed by atoms with Crippen LogP contribution in [0.1, 0.15) is 12.8 Å². The van der Waals surface area contributed by atoms with E-state index in [0.717, 1.165) is 25.1 Å². The molecular weight excluding hydrogens is 188 g/mol. The monoisotopic (exact) mass is 204 g/mol. The normalized spacial score (nSPS) is 23.1. The lowest BCUT2D eigenvalue weighted by Crippen LogP contribution is -2.47. The van der Waals surface area contributed by atoms with E-state index < -0.39 is 0 Å². The van der Waals surface area contributed by atoms with Crippen molar-refractivity contribution >= 4 is 5.95 Å². The summed E-state index contributed by atoms with van der Waals surface area (Å²) in [7, 11) is 0. The Morgan fingerprint density at radius 2 is 1.67 bits per heavy atom. The van der Waals surface area contributed by atoms with Crippen LogP contribution in [-0.4, -0.2) is 47.1 Å². The molecule has 1 aliphatic heterocycles. The maximum atomic E-state index is 4.28. The number of hydrogen-bond donors (Lipinski definition) is 0. The molecule has 2 heterocycles. The molecular formula is C11H16N4. The molecule has 2 aliphatic rings.